The molecule has 0 aliphatic carbocycles. The summed E-state index contributed by atoms with van der Waals surface area (Å²) < 4.78 is 0. The van der Waals surface area contributed by atoms with Gasteiger partial charge in [-0.05, 0) is 48.2 Å². The number of hydrazine groups is 1. The van der Waals surface area contributed by atoms with Gasteiger partial charge >= 0.3 is 0 Å². The standard InChI is InChI=1S/C25H25N3O3/c1-17-7-2-4-10-20(17)24(30)27-26-23(29)19-13-15-28(16-14-19)25(31)22-12-6-9-18-8-3-5-11-21(18)22/h2-12,19H,13-16H2,1H3,(H,26,29)(H,27,30). The quantitative estimate of drug-likeness (QED) is 0.643. The van der Waals surface area contributed by atoms with Crippen LogP contribution in [0.25, 0.3) is 10.8 Å². The van der Waals surface area contributed by atoms with Crippen molar-refractivity contribution in [2.75, 3.05) is 13.1 Å². The van der Waals surface area contributed by atoms with Gasteiger partial charge in [0.2, 0.25) is 5.91 Å². The number of benzene rings is 3. The predicted octanol–water partition coefficient (Wildman–Crippen LogP) is 3.46. The summed E-state index contributed by atoms with van der Waals surface area (Å²) in [6, 6.07) is 20.8. The van der Waals surface area contributed by atoms with Crippen LogP contribution in [0.3, 0.4) is 0 Å². The fourth-order valence-corrected chi connectivity index (χ4v) is 4.04. The van der Waals surface area contributed by atoms with Crippen molar-refractivity contribution in [2.24, 2.45) is 5.92 Å². The van der Waals surface area contributed by atoms with Gasteiger partial charge in [0, 0.05) is 30.1 Å². The van der Waals surface area contributed by atoms with Crippen molar-refractivity contribution in [2.45, 2.75) is 19.8 Å². The van der Waals surface area contributed by atoms with Gasteiger partial charge < -0.3 is 4.90 Å². The van der Waals surface area contributed by atoms with Gasteiger partial charge in [-0.2, -0.15) is 0 Å². The Hall–Kier alpha value is -3.67. The van der Waals surface area contributed by atoms with Crippen LogP contribution in [-0.4, -0.2) is 35.7 Å². The SMILES string of the molecule is Cc1ccccc1C(=O)NNC(=O)C1CCN(C(=O)c2cccc3ccccc23)CC1. The van der Waals surface area contributed by atoms with E-state index in [2.05, 4.69) is 10.9 Å². The molecule has 31 heavy (non-hydrogen) atoms. The first-order valence-electron chi connectivity index (χ1n) is 10.5. The maximum atomic E-state index is 13.1. The molecule has 1 saturated heterocycles. The highest BCUT2D eigenvalue weighted by Crippen LogP contribution is 2.23. The number of carbonyl (C=O) groups excluding carboxylic acids is 3. The zero-order valence-electron chi connectivity index (χ0n) is 17.4. The summed E-state index contributed by atoms with van der Waals surface area (Å²) in [6.07, 6.45) is 1.12. The van der Waals surface area contributed by atoms with Gasteiger partial charge in [-0.25, -0.2) is 0 Å². The summed E-state index contributed by atoms with van der Waals surface area (Å²) in [4.78, 5) is 39.7. The molecule has 1 fully saturated rings. The van der Waals surface area contributed by atoms with Crippen LogP contribution in [0.5, 0.6) is 0 Å². The van der Waals surface area contributed by atoms with E-state index in [0.29, 0.717) is 37.1 Å². The Bertz CT molecular complexity index is 1130. The molecule has 3 aromatic rings. The Morgan fingerprint density at radius 2 is 1.45 bits per heavy atom. The van der Waals surface area contributed by atoms with Crippen molar-refractivity contribution < 1.29 is 14.4 Å². The van der Waals surface area contributed by atoms with Crippen molar-refractivity contribution in [3.8, 4) is 0 Å². The summed E-state index contributed by atoms with van der Waals surface area (Å²) in [7, 11) is 0. The molecule has 1 aliphatic rings. The third-order valence-corrected chi connectivity index (χ3v) is 5.86. The lowest BCUT2D eigenvalue weighted by atomic mass is 9.95. The molecule has 1 heterocycles. The lowest BCUT2D eigenvalue weighted by Crippen LogP contribution is -2.48. The van der Waals surface area contributed by atoms with Crippen LogP contribution in [0.2, 0.25) is 0 Å². The number of piperidine rings is 1. The summed E-state index contributed by atoms with van der Waals surface area (Å²) in [5.41, 5.74) is 7.09. The van der Waals surface area contributed by atoms with E-state index in [1.165, 1.54) is 0 Å². The molecule has 158 valence electrons. The van der Waals surface area contributed by atoms with Gasteiger partial charge in [-0.1, -0.05) is 54.6 Å². The molecule has 0 unspecified atom stereocenters. The van der Waals surface area contributed by atoms with Crippen molar-refractivity contribution in [1.29, 1.82) is 0 Å². The topological polar surface area (TPSA) is 78.5 Å². The van der Waals surface area contributed by atoms with E-state index >= 15 is 0 Å². The molecule has 6 nitrogen and oxygen atoms in total. The van der Waals surface area contributed by atoms with Crippen molar-refractivity contribution in [1.82, 2.24) is 15.8 Å². The van der Waals surface area contributed by atoms with E-state index in [-0.39, 0.29) is 23.6 Å². The number of fused-ring (bicyclic) bond motifs is 1. The highest BCUT2D eigenvalue weighted by Gasteiger charge is 2.28. The summed E-state index contributed by atoms with van der Waals surface area (Å²) in [5.74, 6) is -0.813. The first-order valence-corrected chi connectivity index (χ1v) is 10.5. The van der Waals surface area contributed by atoms with Crippen LogP contribution in [0, 0.1) is 12.8 Å². The number of nitrogens with zero attached hydrogens (tertiary/aromatic N) is 1. The molecule has 0 bridgehead atoms. The Labute approximate surface area is 181 Å². The zero-order valence-corrected chi connectivity index (χ0v) is 17.4. The van der Waals surface area contributed by atoms with Crippen LogP contribution in [0.4, 0.5) is 0 Å². The van der Waals surface area contributed by atoms with Crippen molar-refractivity contribution in [3.63, 3.8) is 0 Å². The third-order valence-electron chi connectivity index (χ3n) is 5.86. The van der Waals surface area contributed by atoms with Crippen LogP contribution < -0.4 is 10.9 Å². The van der Waals surface area contributed by atoms with Crippen LogP contribution in [0.1, 0.15) is 39.1 Å². The van der Waals surface area contributed by atoms with E-state index in [0.717, 1.165) is 16.3 Å². The number of aryl methyl sites for hydroxylation is 1. The molecular formula is C25H25N3O3. The molecule has 0 radical (unpaired) electrons. The highest BCUT2D eigenvalue weighted by atomic mass is 16.2. The van der Waals surface area contributed by atoms with Gasteiger partial charge in [0.15, 0.2) is 0 Å². The molecule has 0 spiro atoms. The van der Waals surface area contributed by atoms with E-state index in [1.54, 1.807) is 17.0 Å². The summed E-state index contributed by atoms with van der Waals surface area (Å²) in [5, 5.41) is 1.97. The van der Waals surface area contributed by atoms with Gasteiger partial charge in [0.1, 0.15) is 0 Å². The Kier molecular flexibility index (Phi) is 5.98. The molecule has 3 amide bonds. The van der Waals surface area contributed by atoms with Crippen molar-refractivity contribution in [3.05, 3.63) is 83.4 Å². The second-order valence-electron chi connectivity index (χ2n) is 7.85. The van der Waals surface area contributed by atoms with E-state index in [4.69, 9.17) is 0 Å². The molecular weight excluding hydrogens is 390 g/mol. The number of rotatable bonds is 3. The maximum absolute atomic E-state index is 13.1. The fourth-order valence-electron chi connectivity index (χ4n) is 4.04. The number of carbonyl (C=O) groups is 3. The molecule has 4 rings (SSSR count). The minimum absolute atomic E-state index is 0.0106. The second kappa shape index (κ2) is 9.00. The molecule has 0 atom stereocenters. The number of nitrogens with one attached hydrogen (secondary N) is 2. The number of hydrogen-bond acceptors (Lipinski definition) is 3. The van der Waals surface area contributed by atoms with Gasteiger partial charge in [0.25, 0.3) is 11.8 Å². The molecule has 0 aromatic heterocycles. The largest absolute Gasteiger partial charge is 0.339 e. The monoisotopic (exact) mass is 415 g/mol. The second-order valence-corrected chi connectivity index (χ2v) is 7.85. The van der Waals surface area contributed by atoms with Crippen molar-refractivity contribution >= 4 is 28.5 Å². The number of amides is 3. The smallest absolute Gasteiger partial charge is 0.269 e. The average Bonchev–Trinajstić information content (AvgIpc) is 2.82. The minimum atomic E-state index is -0.338. The molecule has 2 N–H and O–H groups in total. The van der Waals surface area contributed by atoms with E-state index < -0.39 is 0 Å². The van der Waals surface area contributed by atoms with Gasteiger partial charge in [-0.3, -0.25) is 25.2 Å². The van der Waals surface area contributed by atoms with E-state index in [9.17, 15) is 14.4 Å². The third kappa shape index (κ3) is 4.43. The highest BCUT2D eigenvalue weighted by molar-refractivity contribution is 6.07. The Morgan fingerprint density at radius 1 is 0.806 bits per heavy atom. The number of hydrogen-bond donors (Lipinski definition) is 2. The van der Waals surface area contributed by atoms with Crippen LogP contribution in [-0.2, 0) is 4.79 Å². The summed E-state index contributed by atoms with van der Waals surface area (Å²) in [6.45, 7) is 2.86. The van der Waals surface area contributed by atoms with Gasteiger partial charge in [-0.15, -0.1) is 0 Å². The minimum Gasteiger partial charge on any atom is -0.339 e. The average molecular weight is 415 g/mol. The zero-order chi connectivity index (χ0) is 21.8. The Balaban J connectivity index is 1.33. The molecule has 0 saturated carbocycles. The maximum Gasteiger partial charge on any atom is 0.269 e. The van der Waals surface area contributed by atoms with Gasteiger partial charge in [0.05, 0.1) is 0 Å². The number of likely N-dealkylation sites (tertiary alicyclic amines) is 1. The fraction of sp³-hybridized carbons (Fsp3) is 0.240. The predicted molar refractivity (Wildman–Crippen MR) is 119 cm³/mol. The first-order chi connectivity index (χ1) is 15.0. The van der Waals surface area contributed by atoms with Crippen LogP contribution >= 0.6 is 0 Å². The summed E-state index contributed by atoms with van der Waals surface area (Å²) >= 11 is 0. The Morgan fingerprint density at radius 3 is 2.23 bits per heavy atom. The van der Waals surface area contributed by atoms with Crippen LogP contribution in [0.15, 0.2) is 66.7 Å². The normalized spacial score (nSPS) is 14.3. The molecule has 6 heteroatoms. The molecule has 3 aromatic carbocycles. The first kappa shape index (κ1) is 20.6. The lowest BCUT2D eigenvalue weighted by Gasteiger charge is -2.31. The lowest BCUT2D eigenvalue weighted by molar-refractivity contribution is -0.127. The molecule has 1 aliphatic heterocycles. The van der Waals surface area contributed by atoms with E-state index in [1.807, 2.05) is 61.5 Å².